The maximum Gasteiger partial charge on any atom is 0.425 e. The van der Waals surface area contributed by atoms with Gasteiger partial charge in [0.1, 0.15) is 5.75 Å². The molecule has 0 saturated carbocycles. The van der Waals surface area contributed by atoms with Crippen molar-refractivity contribution < 1.29 is 27.4 Å². The Morgan fingerprint density at radius 3 is 2.00 bits per heavy atom. The van der Waals surface area contributed by atoms with E-state index in [1.165, 1.54) is 44.6 Å². The third-order valence-corrected chi connectivity index (χ3v) is 6.25. The maximum absolute atomic E-state index is 13.3. The van der Waals surface area contributed by atoms with Gasteiger partial charge in [0.05, 0.1) is 12.2 Å². The number of hydrogen-bond acceptors (Lipinski definition) is 3. The molecular formula is C29H41F3O3. The zero-order valence-corrected chi connectivity index (χ0v) is 21.3. The first-order valence-electron chi connectivity index (χ1n) is 13.3. The molecule has 0 aliphatic rings. The molecule has 0 bridgehead atoms. The second kappa shape index (κ2) is 15.7. The lowest BCUT2D eigenvalue weighted by Crippen LogP contribution is -2.33. The zero-order chi connectivity index (χ0) is 25.5. The van der Waals surface area contributed by atoms with Crippen molar-refractivity contribution >= 4 is 16.7 Å². The molecule has 196 valence electrons. The molecule has 0 N–H and O–H groups in total. The van der Waals surface area contributed by atoms with Crippen LogP contribution < -0.4 is 4.74 Å². The molecule has 2 rings (SSSR count). The van der Waals surface area contributed by atoms with Crippen molar-refractivity contribution in [3.63, 3.8) is 0 Å². The van der Waals surface area contributed by atoms with Crippen LogP contribution in [-0.2, 0) is 4.74 Å². The van der Waals surface area contributed by atoms with Crippen LogP contribution in [-0.4, -0.2) is 24.9 Å². The Labute approximate surface area is 208 Å². The molecule has 0 radical (unpaired) electrons. The van der Waals surface area contributed by atoms with E-state index in [1.54, 1.807) is 12.1 Å². The second-order valence-electron chi connectivity index (χ2n) is 9.33. The molecule has 6 heteroatoms. The molecule has 1 atom stereocenters. The summed E-state index contributed by atoms with van der Waals surface area (Å²) in [6.07, 6.45) is 5.93. The summed E-state index contributed by atoms with van der Waals surface area (Å²) in [5.41, 5.74) is 0.118. The fraction of sp³-hybridized carbons (Fsp3) is 0.621. The Balaban J connectivity index is 1.85. The van der Waals surface area contributed by atoms with Crippen molar-refractivity contribution in [1.82, 2.24) is 0 Å². The molecule has 0 saturated heterocycles. The lowest BCUT2D eigenvalue weighted by Gasteiger charge is -2.20. The van der Waals surface area contributed by atoms with Crippen molar-refractivity contribution in [2.75, 3.05) is 6.61 Å². The molecule has 0 amide bonds. The number of fused-ring (bicyclic) bond motifs is 1. The van der Waals surface area contributed by atoms with Crippen LogP contribution in [0.1, 0.15) is 108 Å². The molecule has 35 heavy (non-hydrogen) atoms. The number of rotatable bonds is 17. The van der Waals surface area contributed by atoms with Gasteiger partial charge < -0.3 is 9.47 Å². The monoisotopic (exact) mass is 494 g/mol. The Morgan fingerprint density at radius 1 is 0.771 bits per heavy atom. The predicted octanol–water partition coefficient (Wildman–Crippen LogP) is 9.42. The van der Waals surface area contributed by atoms with Crippen LogP contribution >= 0.6 is 0 Å². The zero-order valence-electron chi connectivity index (χ0n) is 21.3. The predicted molar refractivity (Wildman–Crippen MR) is 136 cm³/mol. The highest BCUT2D eigenvalue weighted by Gasteiger charge is 2.42. The number of carbonyl (C=O) groups is 1. The molecule has 2 aromatic rings. The Hall–Kier alpha value is -2.24. The van der Waals surface area contributed by atoms with Crippen LogP contribution in [0.3, 0.4) is 0 Å². The van der Waals surface area contributed by atoms with Crippen LogP contribution in [0.5, 0.6) is 5.75 Å². The molecule has 0 fully saturated rings. The summed E-state index contributed by atoms with van der Waals surface area (Å²) in [5.74, 6) is -0.195. The van der Waals surface area contributed by atoms with Crippen LogP contribution in [0, 0.1) is 0 Å². The Kier molecular flexibility index (Phi) is 13.0. The minimum absolute atomic E-state index is 0.118. The summed E-state index contributed by atoms with van der Waals surface area (Å²) < 4.78 is 50.8. The molecular weight excluding hydrogens is 453 g/mol. The molecule has 1 unspecified atom stereocenters. The fourth-order valence-corrected chi connectivity index (χ4v) is 4.11. The topological polar surface area (TPSA) is 35.5 Å². The van der Waals surface area contributed by atoms with Crippen molar-refractivity contribution in [3.8, 4) is 5.75 Å². The first-order chi connectivity index (χ1) is 16.8. The molecule has 2 aromatic carbocycles. The summed E-state index contributed by atoms with van der Waals surface area (Å²) in [6, 6.07) is 10.3. The van der Waals surface area contributed by atoms with Gasteiger partial charge in [0.25, 0.3) is 0 Å². The Bertz CT molecular complexity index is 879. The summed E-state index contributed by atoms with van der Waals surface area (Å²) >= 11 is 0. The van der Waals surface area contributed by atoms with E-state index >= 15 is 0 Å². The van der Waals surface area contributed by atoms with E-state index < -0.39 is 18.2 Å². The summed E-state index contributed by atoms with van der Waals surface area (Å²) in [4.78, 5) is 12.5. The maximum atomic E-state index is 13.3. The average molecular weight is 495 g/mol. The van der Waals surface area contributed by atoms with Crippen LogP contribution in [0.25, 0.3) is 10.8 Å². The number of alkyl halides is 3. The minimum atomic E-state index is -4.57. The van der Waals surface area contributed by atoms with Gasteiger partial charge in [-0.05, 0) is 54.3 Å². The number of benzene rings is 2. The lowest BCUT2D eigenvalue weighted by molar-refractivity contribution is -0.206. The van der Waals surface area contributed by atoms with E-state index in [-0.39, 0.29) is 12.0 Å². The summed E-state index contributed by atoms with van der Waals surface area (Å²) in [5, 5.41) is 1.62. The molecule has 0 heterocycles. The van der Waals surface area contributed by atoms with Crippen molar-refractivity contribution in [2.45, 2.75) is 110 Å². The second-order valence-corrected chi connectivity index (χ2v) is 9.33. The van der Waals surface area contributed by atoms with Gasteiger partial charge in [-0.1, -0.05) is 90.2 Å². The number of hydrogen-bond donors (Lipinski definition) is 0. The highest BCUT2D eigenvalue weighted by molar-refractivity contribution is 5.95. The van der Waals surface area contributed by atoms with Gasteiger partial charge in [-0.3, -0.25) is 0 Å². The van der Waals surface area contributed by atoms with E-state index in [2.05, 4.69) is 6.92 Å². The van der Waals surface area contributed by atoms with E-state index in [9.17, 15) is 18.0 Å². The summed E-state index contributed by atoms with van der Waals surface area (Å²) in [6.45, 7) is 4.87. The summed E-state index contributed by atoms with van der Waals surface area (Å²) in [7, 11) is 0. The highest BCUT2D eigenvalue weighted by atomic mass is 19.4. The van der Waals surface area contributed by atoms with Gasteiger partial charge in [0.15, 0.2) is 6.10 Å². The number of ether oxygens (including phenoxy) is 2. The molecule has 3 nitrogen and oxygen atoms in total. The van der Waals surface area contributed by atoms with Crippen LogP contribution in [0.15, 0.2) is 36.4 Å². The SMILES string of the molecule is CCCCCCCCCCOc1ccc2cc(C(=O)OC(CCCCCC)C(F)(F)F)ccc2c1. The van der Waals surface area contributed by atoms with E-state index in [0.29, 0.717) is 19.4 Å². The first kappa shape index (κ1) is 29.0. The van der Waals surface area contributed by atoms with E-state index in [1.807, 2.05) is 25.1 Å². The molecule has 0 spiro atoms. The number of carbonyl (C=O) groups excluding carboxylic acids is 1. The average Bonchev–Trinajstić information content (AvgIpc) is 2.83. The van der Waals surface area contributed by atoms with Crippen molar-refractivity contribution in [2.24, 2.45) is 0 Å². The Morgan fingerprint density at radius 2 is 1.34 bits per heavy atom. The molecule has 0 aliphatic heterocycles. The van der Waals surface area contributed by atoms with Gasteiger partial charge in [0, 0.05) is 0 Å². The fourth-order valence-electron chi connectivity index (χ4n) is 4.11. The highest BCUT2D eigenvalue weighted by Crippen LogP contribution is 2.29. The van der Waals surface area contributed by atoms with Crippen LogP contribution in [0.2, 0.25) is 0 Å². The normalized spacial score (nSPS) is 12.6. The largest absolute Gasteiger partial charge is 0.494 e. The smallest absolute Gasteiger partial charge is 0.425 e. The van der Waals surface area contributed by atoms with Gasteiger partial charge in [-0.15, -0.1) is 0 Å². The molecule has 0 aliphatic carbocycles. The van der Waals surface area contributed by atoms with Gasteiger partial charge in [-0.25, -0.2) is 4.79 Å². The third kappa shape index (κ3) is 10.9. The first-order valence-corrected chi connectivity index (χ1v) is 13.3. The van der Waals surface area contributed by atoms with Gasteiger partial charge >= 0.3 is 12.1 Å². The number of unbranched alkanes of at least 4 members (excludes halogenated alkanes) is 10. The van der Waals surface area contributed by atoms with Crippen LogP contribution in [0.4, 0.5) is 13.2 Å². The number of halogens is 3. The van der Waals surface area contributed by atoms with Gasteiger partial charge in [-0.2, -0.15) is 13.2 Å². The lowest BCUT2D eigenvalue weighted by atomic mass is 10.1. The number of esters is 1. The van der Waals surface area contributed by atoms with Crippen molar-refractivity contribution in [1.29, 1.82) is 0 Å². The molecule has 0 aromatic heterocycles. The minimum Gasteiger partial charge on any atom is -0.494 e. The van der Waals surface area contributed by atoms with E-state index in [0.717, 1.165) is 42.2 Å². The van der Waals surface area contributed by atoms with Gasteiger partial charge in [0.2, 0.25) is 0 Å². The van der Waals surface area contributed by atoms with E-state index in [4.69, 9.17) is 9.47 Å². The third-order valence-electron chi connectivity index (χ3n) is 6.25. The van der Waals surface area contributed by atoms with Crippen molar-refractivity contribution in [3.05, 3.63) is 42.0 Å². The quantitative estimate of drug-likeness (QED) is 0.162. The standard InChI is InChI=1S/C29H41F3O3/c1-3-5-7-9-10-11-12-14-20-34-26-19-18-23-21-25(17-16-24(23)22-26)28(33)35-27(29(30,31)32)15-13-8-6-4-2/h16-19,21-22,27H,3-15,20H2,1-2H3.